The summed E-state index contributed by atoms with van der Waals surface area (Å²) in [6, 6.07) is 13.8. The summed E-state index contributed by atoms with van der Waals surface area (Å²) in [5.41, 5.74) is 6.74. The maximum atomic E-state index is 13.2. The van der Waals surface area contributed by atoms with Gasteiger partial charge in [-0.3, -0.25) is 4.31 Å². The summed E-state index contributed by atoms with van der Waals surface area (Å²) in [4.78, 5) is 14.2. The summed E-state index contributed by atoms with van der Waals surface area (Å²) >= 11 is 0. The maximum absolute atomic E-state index is 13.2. The average Bonchev–Trinajstić information content (AvgIpc) is 2.99. The quantitative estimate of drug-likeness (QED) is 0.302. The fourth-order valence-electron chi connectivity index (χ4n) is 5.84. The highest BCUT2D eigenvalue weighted by molar-refractivity contribution is 7.92. The molecule has 0 bridgehead atoms. The third-order valence-corrected chi connectivity index (χ3v) is 9.81. The highest BCUT2D eigenvalue weighted by atomic mass is 32.2. The Kier molecular flexibility index (Phi) is 7.42. The number of aryl methyl sites for hydroxylation is 2. The van der Waals surface area contributed by atoms with Crippen LogP contribution in [-0.2, 0) is 23.0 Å². The number of nitrogens with one attached hydrogen (secondary N) is 1. The molecular weight excluding hydrogens is 538 g/mol. The van der Waals surface area contributed by atoms with E-state index in [0.29, 0.717) is 35.6 Å². The first kappa shape index (κ1) is 27.3. The van der Waals surface area contributed by atoms with Gasteiger partial charge < -0.3 is 14.8 Å². The maximum Gasteiger partial charge on any atom is 0.235 e. The van der Waals surface area contributed by atoms with Crippen molar-refractivity contribution >= 4 is 32.7 Å². The average molecular weight is 574 g/mol. The number of anilines is 2. The van der Waals surface area contributed by atoms with E-state index in [-0.39, 0.29) is 12.3 Å². The number of fused-ring (bicyclic) bond motifs is 2. The number of benzene rings is 2. The zero-order valence-electron chi connectivity index (χ0n) is 23.7. The Bertz CT molecular complexity index is 1700. The molecule has 1 fully saturated rings. The van der Waals surface area contributed by atoms with Crippen molar-refractivity contribution in [3.05, 3.63) is 65.4 Å². The van der Waals surface area contributed by atoms with Gasteiger partial charge in [0.05, 0.1) is 49.6 Å². The molecule has 2 aromatic heterocycles. The smallest absolute Gasteiger partial charge is 0.235 e. The number of pyridine rings is 1. The standard InChI is InChI=1S/C31H35N5O4S/c1-20-15-26(34-27-18-32-31(35-30(20)27)33-24-7-5-4-6-8-24)21-10-12-28-22(16-21)13-14-41(37,38)36(28)19-23-9-11-25(39-2)17-29(23)40-3/h9-12,15-18,24H,4-8,13-14,19H2,1-3H3,(H,32,33,35). The Morgan fingerprint density at radius 3 is 2.61 bits per heavy atom. The van der Waals surface area contributed by atoms with E-state index in [9.17, 15) is 8.42 Å². The Balaban J connectivity index is 1.30. The normalized spacial score (nSPS) is 16.8. The van der Waals surface area contributed by atoms with Gasteiger partial charge in [-0.25, -0.2) is 23.4 Å². The first-order chi connectivity index (χ1) is 19.8. The third kappa shape index (κ3) is 5.53. The minimum atomic E-state index is -3.50. The Labute approximate surface area is 241 Å². The topological polar surface area (TPSA) is 107 Å². The Hall–Kier alpha value is -3.92. The van der Waals surface area contributed by atoms with Gasteiger partial charge in [0, 0.05) is 23.2 Å². The molecule has 41 heavy (non-hydrogen) atoms. The largest absolute Gasteiger partial charge is 0.497 e. The van der Waals surface area contributed by atoms with Crippen LogP contribution in [-0.4, -0.2) is 49.4 Å². The second-order valence-electron chi connectivity index (χ2n) is 10.8. The summed E-state index contributed by atoms with van der Waals surface area (Å²) in [7, 11) is -0.339. The van der Waals surface area contributed by atoms with E-state index < -0.39 is 10.0 Å². The van der Waals surface area contributed by atoms with E-state index in [0.717, 1.165) is 51.8 Å². The summed E-state index contributed by atoms with van der Waals surface area (Å²) < 4.78 is 38.7. The number of methoxy groups -OCH3 is 2. The predicted octanol–water partition coefficient (Wildman–Crippen LogP) is 5.65. The molecule has 1 N–H and O–H groups in total. The summed E-state index contributed by atoms with van der Waals surface area (Å²) in [5.74, 6) is 1.93. The lowest BCUT2D eigenvalue weighted by Gasteiger charge is -2.31. The molecule has 1 aliphatic heterocycles. The molecule has 0 amide bonds. The highest BCUT2D eigenvalue weighted by Crippen LogP contribution is 2.36. The van der Waals surface area contributed by atoms with E-state index >= 15 is 0 Å². The van der Waals surface area contributed by atoms with E-state index in [2.05, 4.69) is 16.4 Å². The van der Waals surface area contributed by atoms with Crippen LogP contribution in [0.25, 0.3) is 22.3 Å². The fourth-order valence-corrected chi connectivity index (χ4v) is 7.35. The van der Waals surface area contributed by atoms with Crippen LogP contribution in [0.1, 0.15) is 48.8 Å². The molecular formula is C31H35N5O4S. The van der Waals surface area contributed by atoms with E-state index in [4.69, 9.17) is 19.4 Å². The van der Waals surface area contributed by atoms with Gasteiger partial charge in [-0.15, -0.1) is 0 Å². The first-order valence-electron chi connectivity index (χ1n) is 14.1. The number of hydrogen-bond acceptors (Lipinski definition) is 8. The molecule has 2 aromatic carbocycles. The van der Waals surface area contributed by atoms with Crippen LogP contribution in [0.2, 0.25) is 0 Å². The molecule has 4 aromatic rings. The van der Waals surface area contributed by atoms with Crippen molar-refractivity contribution in [2.45, 2.75) is 58.0 Å². The fraction of sp³-hybridized carbons (Fsp3) is 0.387. The molecule has 1 aliphatic carbocycles. The number of ether oxygens (including phenoxy) is 2. The van der Waals surface area contributed by atoms with Crippen LogP contribution in [0.3, 0.4) is 0 Å². The van der Waals surface area contributed by atoms with Gasteiger partial charge in [0.1, 0.15) is 17.0 Å². The van der Waals surface area contributed by atoms with Crippen molar-refractivity contribution in [3.8, 4) is 22.8 Å². The first-order valence-corrected chi connectivity index (χ1v) is 15.7. The van der Waals surface area contributed by atoms with Gasteiger partial charge in [-0.05, 0) is 67.6 Å². The summed E-state index contributed by atoms with van der Waals surface area (Å²) in [5, 5.41) is 3.50. The molecule has 1 saturated carbocycles. The summed E-state index contributed by atoms with van der Waals surface area (Å²) in [6.45, 7) is 2.21. The van der Waals surface area contributed by atoms with Crippen LogP contribution >= 0.6 is 0 Å². The van der Waals surface area contributed by atoms with Gasteiger partial charge in [-0.2, -0.15) is 0 Å². The number of hydrogen-bond donors (Lipinski definition) is 1. The molecule has 0 unspecified atom stereocenters. The lowest BCUT2D eigenvalue weighted by atomic mass is 9.96. The van der Waals surface area contributed by atoms with Gasteiger partial charge in [0.2, 0.25) is 16.0 Å². The molecule has 6 rings (SSSR count). The molecule has 0 radical (unpaired) electrons. The monoisotopic (exact) mass is 573 g/mol. The van der Waals surface area contributed by atoms with Crippen LogP contribution < -0.4 is 19.1 Å². The molecule has 9 nitrogen and oxygen atoms in total. The van der Waals surface area contributed by atoms with E-state index in [1.807, 2.05) is 37.3 Å². The van der Waals surface area contributed by atoms with Crippen molar-refractivity contribution in [1.29, 1.82) is 0 Å². The molecule has 214 valence electrons. The minimum absolute atomic E-state index is 0.0384. The molecule has 0 atom stereocenters. The van der Waals surface area contributed by atoms with E-state index in [1.54, 1.807) is 26.5 Å². The number of nitrogens with zero attached hydrogens (tertiary/aromatic N) is 4. The lowest BCUT2D eigenvalue weighted by molar-refractivity contribution is 0.391. The molecule has 3 heterocycles. The van der Waals surface area contributed by atoms with Crippen molar-refractivity contribution < 1.29 is 17.9 Å². The second kappa shape index (κ2) is 11.2. The Morgan fingerprint density at radius 1 is 1.00 bits per heavy atom. The Morgan fingerprint density at radius 2 is 1.83 bits per heavy atom. The number of rotatable bonds is 7. The van der Waals surface area contributed by atoms with Gasteiger partial charge >= 0.3 is 0 Å². The number of sulfonamides is 1. The van der Waals surface area contributed by atoms with Crippen molar-refractivity contribution in [3.63, 3.8) is 0 Å². The van der Waals surface area contributed by atoms with Gasteiger partial charge in [0.25, 0.3) is 0 Å². The summed E-state index contributed by atoms with van der Waals surface area (Å²) in [6.07, 6.45) is 8.33. The van der Waals surface area contributed by atoms with Crippen LogP contribution in [0, 0.1) is 6.92 Å². The number of aromatic nitrogens is 3. The van der Waals surface area contributed by atoms with Crippen LogP contribution in [0.5, 0.6) is 11.5 Å². The third-order valence-electron chi connectivity index (χ3n) is 8.09. The van der Waals surface area contributed by atoms with Crippen molar-refractivity contribution in [2.24, 2.45) is 0 Å². The second-order valence-corrected chi connectivity index (χ2v) is 12.8. The zero-order valence-corrected chi connectivity index (χ0v) is 24.5. The van der Waals surface area contributed by atoms with Crippen molar-refractivity contribution in [2.75, 3.05) is 29.6 Å². The molecule has 0 spiro atoms. The van der Waals surface area contributed by atoms with Gasteiger partial charge in [-0.1, -0.05) is 25.3 Å². The molecule has 2 aliphatic rings. The predicted molar refractivity (Wildman–Crippen MR) is 161 cm³/mol. The van der Waals surface area contributed by atoms with Gasteiger partial charge in [0.15, 0.2) is 0 Å². The zero-order chi connectivity index (χ0) is 28.6. The van der Waals surface area contributed by atoms with Crippen LogP contribution in [0.4, 0.5) is 11.6 Å². The van der Waals surface area contributed by atoms with Crippen molar-refractivity contribution in [1.82, 2.24) is 15.0 Å². The minimum Gasteiger partial charge on any atom is -0.497 e. The molecule has 0 saturated heterocycles. The molecule has 10 heteroatoms. The lowest BCUT2D eigenvalue weighted by Crippen LogP contribution is -2.37. The van der Waals surface area contributed by atoms with E-state index in [1.165, 1.54) is 23.6 Å². The highest BCUT2D eigenvalue weighted by Gasteiger charge is 2.31. The SMILES string of the molecule is COc1ccc(CN2c3ccc(-c4cc(C)c5nc(NC6CCCCC6)ncc5n4)cc3CCS2(=O)=O)c(OC)c1. The van der Waals surface area contributed by atoms with Crippen LogP contribution in [0.15, 0.2) is 48.7 Å².